The molecule has 0 aliphatic heterocycles. The lowest BCUT2D eigenvalue weighted by Crippen LogP contribution is -2.29. The Balaban J connectivity index is 1.39. The molecule has 0 N–H and O–H groups in total. The maximum atomic E-state index is 2.49. The van der Waals surface area contributed by atoms with E-state index >= 15 is 0 Å². The molecule has 0 spiro atoms. The average molecular weight is 688 g/mol. The summed E-state index contributed by atoms with van der Waals surface area (Å²) < 4.78 is 0. The van der Waals surface area contributed by atoms with Gasteiger partial charge in [-0.25, -0.2) is 0 Å². The summed E-state index contributed by atoms with van der Waals surface area (Å²) in [5, 5.41) is 2.46. The second-order valence-electron chi connectivity index (χ2n) is 14.0. The van der Waals surface area contributed by atoms with E-state index in [9.17, 15) is 0 Å². The Labute approximate surface area is 317 Å². The standard InChI is InChI=1S/C53H37N/c1-6-20-38(21-7-1)40-34-35-47-48(36-40)53(42-25-10-3-11-26-42,43-27-12-4-13-28-43)52-46-32-17-16-24-41(46)37-50(51(47)52)54(44-29-14-5-15-30-44)49-33-19-18-31-45(49)39-22-8-2-9-23-39/h1-37H. The highest BCUT2D eigenvalue weighted by atomic mass is 15.1. The highest BCUT2D eigenvalue weighted by molar-refractivity contribution is 6.08. The van der Waals surface area contributed by atoms with E-state index in [1.165, 1.54) is 66.4 Å². The highest BCUT2D eigenvalue weighted by Crippen LogP contribution is 2.62. The van der Waals surface area contributed by atoms with E-state index in [2.05, 4.69) is 229 Å². The zero-order valence-electron chi connectivity index (χ0n) is 29.8. The SMILES string of the molecule is c1ccc(-c2ccc3c(c2)C(c2ccccc2)(c2ccccc2)c2c-3c(N(c3ccccc3)c3ccccc3-c3ccccc3)cc3ccccc23)cc1. The minimum atomic E-state index is -0.602. The smallest absolute Gasteiger partial charge is 0.0720 e. The summed E-state index contributed by atoms with van der Waals surface area (Å²) in [6.45, 7) is 0. The van der Waals surface area contributed by atoms with Gasteiger partial charge < -0.3 is 4.90 Å². The molecule has 0 amide bonds. The first-order chi connectivity index (χ1) is 26.8. The third-order valence-electron chi connectivity index (χ3n) is 11.1. The van der Waals surface area contributed by atoms with Crippen LogP contribution in [0.4, 0.5) is 17.1 Å². The molecule has 1 aliphatic carbocycles. The number of para-hydroxylation sites is 2. The predicted octanol–water partition coefficient (Wildman–Crippen LogP) is 14.0. The van der Waals surface area contributed by atoms with E-state index in [1.807, 2.05) is 0 Å². The van der Waals surface area contributed by atoms with Crippen molar-refractivity contribution >= 4 is 27.8 Å². The summed E-state index contributed by atoms with van der Waals surface area (Å²) in [5.41, 5.74) is 15.2. The van der Waals surface area contributed by atoms with E-state index in [4.69, 9.17) is 0 Å². The molecule has 0 heterocycles. The molecule has 0 saturated heterocycles. The molecule has 9 aromatic rings. The summed E-state index contributed by atoms with van der Waals surface area (Å²) in [6.07, 6.45) is 0. The largest absolute Gasteiger partial charge is 0.309 e. The molecule has 0 aromatic heterocycles. The molecular weight excluding hydrogens is 651 g/mol. The van der Waals surface area contributed by atoms with E-state index < -0.39 is 5.41 Å². The van der Waals surface area contributed by atoms with Crippen LogP contribution in [0.15, 0.2) is 224 Å². The Kier molecular flexibility index (Phi) is 7.78. The van der Waals surface area contributed by atoms with Gasteiger partial charge in [0.15, 0.2) is 0 Å². The Morgan fingerprint density at radius 3 is 1.56 bits per heavy atom. The van der Waals surface area contributed by atoms with Gasteiger partial charge >= 0.3 is 0 Å². The second kappa shape index (κ2) is 13.2. The van der Waals surface area contributed by atoms with Gasteiger partial charge in [-0.15, -0.1) is 0 Å². The van der Waals surface area contributed by atoms with Gasteiger partial charge in [-0.1, -0.05) is 194 Å². The van der Waals surface area contributed by atoms with Gasteiger partial charge in [-0.2, -0.15) is 0 Å². The fraction of sp³-hybridized carbons (Fsp3) is 0.0189. The van der Waals surface area contributed by atoms with Crippen molar-refractivity contribution in [2.24, 2.45) is 0 Å². The third-order valence-corrected chi connectivity index (χ3v) is 11.1. The summed E-state index contributed by atoms with van der Waals surface area (Å²) >= 11 is 0. The van der Waals surface area contributed by atoms with Crippen LogP contribution >= 0.6 is 0 Å². The summed E-state index contributed by atoms with van der Waals surface area (Å²) in [6, 6.07) is 82.1. The van der Waals surface area contributed by atoms with Gasteiger partial charge in [0.05, 0.1) is 16.8 Å². The molecule has 0 fully saturated rings. The Bertz CT molecular complexity index is 2700. The number of benzene rings is 9. The molecule has 254 valence electrons. The number of hydrogen-bond donors (Lipinski definition) is 0. The molecule has 0 atom stereocenters. The lowest BCUT2D eigenvalue weighted by molar-refractivity contribution is 0.775. The Morgan fingerprint density at radius 1 is 0.352 bits per heavy atom. The summed E-state index contributed by atoms with van der Waals surface area (Å²) in [5.74, 6) is 0. The molecule has 9 aromatic carbocycles. The minimum Gasteiger partial charge on any atom is -0.309 e. The molecule has 0 unspecified atom stereocenters. The van der Waals surface area contributed by atoms with Crippen LogP contribution in [0.2, 0.25) is 0 Å². The average Bonchev–Trinajstić information content (AvgIpc) is 3.57. The van der Waals surface area contributed by atoms with E-state index in [-0.39, 0.29) is 0 Å². The molecular formula is C53H37N. The second-order valence-corrected chi connectivity index (χ2v) is 14.0. The first-order valence-corrected chi connectivity index (χ1v) is 18.7. The molecule has 0 saturated carbocycles. The van der Waals surface area contributed by atoms with Gasteiger partial charge in [-0.05, 0) is 85.6 Å². The molecule has 10 rings (SSSR count). The minimum absolute atomic E-state index is 0.602. The number of hydrogen-bond acceptors (Lipinski definition) is 1. The van der Waals surface area contributed by atoms with Crippen LogP contribution in [-0.4, -0.2) is 0 Å². The van der Waals surface area contributed by atoms with Crippen LogP contribution in [0.5, 0.6) is 0 Å². The first kappa shape index (κ1) is 31.7. The summed E-state index contributed by atoms with van der Waals surface area (Å²) in [7, 11) is 0. The lowest BCUT2D eigenvalue weighted by atomic mass is 9.66. The highest BCUT2D eigenvalue weighted by Gasteiger charge is 2.49. The topological polar surface area (TPSA) is 3.24 Å². The number of anilines is 3. The first-order valence-electron chi connectivity index (χ1n) is 18.7. The molecule has 1 nitrogen and oxygen atoms in total. The number of nitrogens with zero attached hydrogens (tertiary/aromatic N) is 1. The Morgan fingerprint density at radius 2 is 0.889 bits per heavy atom. The van der Waals surface area contributed by atoms with Gasteiger partial charge in [0, 0.05) is 16.8 Å². The maximum Gasteiger partial charge on any atom is 0.0720 e. The van der Waals surface area contributed by atoms with Gasteiger partial charge in [0.1, 0.15) is 0 Å². The van der Waals surface area contributed by atoms with Crippen molar-refractivity contribution in [3.8, 4) is 33.4 Å². The molecule has 0 bridgehead atoms. The van der Waals surface area contributed by atoms with Crippen molar-refractivity contribution < 1.29 is 0 Å². The zero-order chi connectivity index (χ0) is 35.9. The fourth-order valence-corrected chi connectivity index (χ4v) is 8.85. The molecule has 1 heteroatoms. The predicted molar refractivity (Wildman–Crippen MR) is 227 cm³/mol. The monoisotopic (exact) mass is 687 g/mol. The van der Waals surface area contributed by atoms with Crippen molar-refractivity contribution in [2.75, 3.05) is 4.90 Å². The van der Waals surface area contributed by atoms with Crippen molar-refractivity contribution in [3.05, 3.63) is 247 Å². The van der Waals surface area contributed by atoms with Gasteiger partial charge in [0.25, 0.3) is 0 Å². The van der Waals surface area contributed by atoms with Crippen molar-refractivity contribution in [1.29, 1.82) is 0 Å². The van der Waals surface area contributed by atoms with Gasteiger partial charge in [-0.3, -0.25) is 0 Å². The van der Waals surface area contributed by atoms with E-state index in [0.717, 1.165) is 17.1 Å². The van der Waals surface area contributed by atoms with Crippen molar-refractivity contribution in [2.45, 2.75) is 5.41 Å². The lowest BCUT2D eigenvalue weighted by Gasteiger charge is -2.36. The van der Waals surface area contributed by atoms with E-state index in [0.29, 0.717) is 0 Å². The van der Waals surface area contributed by atoms with E-state index in [1.54, 1.807) is 0 Å². The Hall–Kier alpha value is -6.96. The molecule has 54 heavy (non-hydrogen) atoms. The molecule has 1 aliphatic rings. The fourth-order valence-electron chi connectivity index (χ4n) is 8.85. The third kappa shape index (κ3) is 5.01. The maximum absolute atomic E-state index is 2.49. The van der Waals surface area contributed by atoms with Crippen LogP contribution < -0.4 is 4.90 Å². The van der Waals surface area contributed by atoms with Crippen LogP contribution in [0.3, 0.4) is 0 Å². The normalized spacial score (nSPS) is 12.6. The van der Waals surface area contributed by atoms with Crippen LogP contribution in [0.25, 0.3) is 44.2 Å². The van der Waals surface area contributed by atoms with Crippen molar-refractivity contribution in [1.82, 2.24) is 0 Å². The quantitative estimate of drug-likeness (QED) is 0.161. The summed E-state index contributed by atoms with van der Waals surface area (Å²) in [4.78, 5) is 2.49. The van der Waals surface area contributed by atoms with Crippen LogP contribution in [-0.2, 0) is 5.41 Å². The number of fused-ring (bicyclic) bond motifs is 5. The van der Waals surface area contributed by atoms with Crippen LogP contribution in [0, 0.1) is 0 Å². The van der Waals surface area contributed by atoms with Crippen LogP contribution in [0.1, 0.15) is 22.3 Å². The zero-order valence-corrected chi connectivity index (χ0v) is 29.8. The number of rotatable bonds is 7. The molecule has 0 radical (unpaired) electrons. The van der Waals surface area contributed by atoms with Crippen molar-refractivity contribution in [3.63, 3.8) is 0 Å². The van der Waals surface area contributed by atoms with Gasteiger partial charge in [0.2, 0.25) is 0 Å².